The van der Waals surface area contributed by atoms with Gasteiger partial charge in [0.2, 0.25) is 0 Å². The van der Waals surface area contributed by atoms with E-state index in [0.717, 1.165) is 43.0 Å². The summed E-state index contributed by atoms with van der Waals surface area (Å²) >= 11 is 3.13. The molecule has 3 aliphatic rings. The van der Waals surface area contributed by atoms with Crippen LogP contribution >= 0.6 is 15.9 Å². The number of carbonyl (C=O) groups excluding carboxylic acids is 2. The number of ether oxygens (including phenoxy) is 1. The lowest BCUT2D eigenvalue weighted by Gasteiger charge is -2.42. The molecule has 2 amide bonds. The van der Waals surface area contributed by atoms with Crippen LogP contribution in [-0.2, 0) is 22.1 Å². The largest absolute Gasteiger partial charge is 0.436 e. The Bertz CT molecular complexity index is 1690. The molecule has 0 aliphatic carbocycles. The number of benzene rings is 2. The van der Waals surface area contributed by atoms with Crippen LogP contribution in [0.25, 0.3) is 11.0 Å². The molecule has 6 rings (SSSR count). The van der Waals surface area contributed by atoms with Crippen LogP contribution in [0, 0.1) is 0 Å². The average Bonchev–Trinajstić information content (AvgIpc) is 3.41. The van der Waals surface area contributed by atoms with Gasteiger partial charge < -0.3 is 30.2 Å². The van der Waals surface area contributed by atoms with E-state index in [1.54, 1.807) is 9.47 Å². The van der Waals surface area contributed by atoms with Gasteiger partial charge in [-0.15, -0.1) is 0 Å². The first kappa shape index (κ1) is 34.3. The molecule has 0 radical (unpaired) electrons. The van der Waals surface area contributed by atoms with Gasteiger partial charge in [-0.3, -0.25) is 14.3 Å². The molecule has 48 heavy (non-hydrogen) atoms. The summed E-state index contributed by atoms with van der Waals surface area (Å²) in [5, 5.41) is 0. The monoisotopic (exact) mass is 735 g/mol. The topological polar surface area (TPSA) is 120 Å². The van der Waals surface area contributed by atoms with Gasteiger partial charge in [0.25, 0.3) is 5.91 Å². The summed E-state index contributed by atoms with van der Waals surface area (Å²) in [5.74, 6) is -0.437. The highest BCUT2D eigenvalue weighted by Gasteiger charge is 2.37. The Labute approximate surface area is 284 Å². The van der Waals surface area contributed by atoms with Gasteiger partial charge in [0.05, 0.1) is 22.3 Å². The van der Waals surface area contributed by atoms with E-state index in [0.29, 0.717) is 45.1 Å². The van der Waals surface area contributed by atoms with Crippen LogP contribution < -0.4 is 11.4 Å². The first-order valence-corrected chi connectivity index (χ1v) is 17.2. The number of likely N-dealkylation sites (tertiary alicyclic amines) is 2. The third-order valence-corrected chi connectivity index (χ3v) is 10.6. The van der Waals surface area contributed by atoms with Crippen LogP contribution in [0.4, 0.5) is 23.7 Å². The summed E-state index contributed by atoms with van der Waals surface area (Å²) in [6, 6.07) is 10.1. The molecule has 3 aromatic rings. The normalized spacial score (nSPS) is 19.9. The van der Waals surface area contributed by atoms with Crippen molar-refractivity contribution in [1.82, 2.24) is 29.2 Å². The number of rotatable bonds is 6. The number of nitrogen functional groups attached to an aromatic ring is 1. The molecule has 2 aromatic carbocycles. The minimum absolute atomic E-state index is 0.0474. The van der Waals surface area contributed by atoms with Crippen LogP contribution in [0.3, 0.4) is 0 Å². The number of hydrogen-bond acceptors (Lipinski definition) is 7. The van der Waals surface area contributed by atoms with Gasteiger partial charge in [-0.1, -0.05) is 12.1 Å². The summed E-state index contributed by atoms with van der Waals surface area (Å²) in [4.78, 5) is 50.9. The summed E-state index contributed by atoms with van der Waals surface area (Å²) in [6.07, 6.45) is -3.90. The zero-order valence-electron chi connectivity index (χ0n) is 26.8. The summed E-state index contributed by atoms with van der Waals surface area (Å²) in [7, 11) is 2.11. The van der Waals surface area contributed by atoms with Crippen LogP contribution in [0.2, 0.25) is 0 Å². The van der Waals surface area contributed by atoms with Crippen LogP contribution in [0.5, 0.6) is 0 Å². The van der Waals surface area contributed by atoms with E-state index in [4.69, 9.17) is 10.5 Å². The molecular weight excluding hydrogens is 695 g/mol. The molecule has 1 atom stereocenters. The Hall–Kier alpha value is -3.56. The fraction of sp³-hybridized carbons (Fsp3) is 0.545. The van der Waals surface area contributed by atoms with E-state index in [-0.39, 0.29) is 41.3 Å². The lowest BCUT2D eigenvalue weighted by molar-refractivity contribution is -0.143. The van der Waals surface area contributed by atoms with Crippen LogP contribution in [-0.4, -0.2) is 113 Å². The van der Waals surface area contributed by atoms with Gasteiger partial charge in [-0.2, -0.15) is 13.2 Å². The predicted octanol–water partition coefficient (Wildman–Crippen LogP) is 4.32. The molecule has 0 spiro atoms. The molecule has 0 bridgehead atoms. The number of para-hydroxylation sites is 2. The van der Waals surface area contributed by atoms with Crippen molar-refractivity contribution in [2.24, 2.45) is 0 Å². The Kier molecular flexibility index (Phi) is 10.1. The highest BCUT2D eigenvalue weighted by atomic mass is 79.9. The molecule has 3 N–H and O–H groups in total. The van der Waals surface area contributed by atoms with Gasteiger partial charge in [0.1, 0.15) is 0 Å². The number of nitrogens with one attached hydrogen (secondary N) is 1. The van der Waals surface area contributed by atoms with Crippen molar-refractivity contribution >= 4 is 44.7 Å². The quantitative estimate of drug-likeness (QED) is 0.362. The SMILES string of the molecule is CN1CCC(N2CCN(C(=O)[C@@H](Cc3cc(Br)c(N)c(C(F)(F)F)c3)OC(=O)N3CCC(n4c(=O)[nH]c5ccccc54)CC3)CC2)CC1. The second-order valence-corrected chi connectivity index (χ2v) is 13.9. The smallest absolute Gasteiger partial charge is 0.418 e. The van der Waals surface area contributed by atoms with Gasteiger partial charge in [-0.25, -0.2) is 9.59 Å². The average molecular weight is 737 g/mol. The number of aromatic nitrogens is 2. The van der Waals surface area contributed by atoms with E-state index >= 15 is 0 Å². The van der Waals surface area contributed by atoms with Crippen molar-refractivity contribution in [2.45, 2.75) is 56.5 Å². The highest BCUT2D eigenvalue weighted by Crippen LogP contribution is 2.38. The minimum Gasteiger partial charge on any atom is -0.436 e. The number of carbonyl (C=O) groups is 2. The van der Waals surface area contributed by atoms with Crippen molar-refractivity contribution < 1.29 is 27.5 Å². The number of anilines is 1. The summed E-state index contributed by atoms with van der Waals surface area (Å²) < 4.78 is 49.0. The molecule has 15 heteroatoms. The maximum Gasteiger partial charge on any atom is 0.418 e. The maximum atomic E-state index is 14.0. The fourth-order valence-corrected chi connectivity index (χ4v) is 7.74. The third-order valence-electron chi connectivity index (χ3n) is 9.98. The van der Waals surface area contributed by atoms with E-state index in [2.05, 4.69) is 37.8 Å². The lowest BCUT2D eigenvalue weighted by Crippen LogP contribution is -2.56. The second-order valence-electron chi connectivity index (χ2n) is 13.0. The van der Waals surface area contributed by atoms with Crippen LogP contribution in [0.15, 0.2) is 45.7 Å². The number of piperidine rings is 2. The zero-order chi connectivity index (χ0) is 34.2. The molecule has 0 saturated carbocycles. The van der Waals surface area contributed by atoms with E-state index in [9.17, 15) is 27.6 Å². The number of aromatic amines is 1. The van der Waals surface area contributed by atoms with Crippen LogP contribution in [0.1, 0.15) is 42.9 Å². The Morgan fingerprint density at radius 2 is 1.60 bits per heavy atom. The number of nitrogens with zero attached hydrogens (tertiary/aromatic N) is 5. The number of fused-ring (bicyclic) bond motifs is 1. The van der Waals surface area contributed by atoms with Crippen molar-refractivity contribution in [1.29, 1.82) is 0 Å². The van der Waals surface area contributed by atoms with Gasteiger partial charge in [-0.05, 0) is 91.6 Å². The number of alkyl halides is 3. The summed E-state index contributed by atoms with van der Waals surface area (Å²) in [5.41, 5.74) is 5.73. The van der Waals surface area contributed by atoms with Gasteiger partial charge in [0.15, 0.2) is 6.10 Å². The van der Waals surface area contributed by atoms with E-state index in [1.165, 1.54) is 11.0 Å². The van der Waals surface area contributed by atoms with Gasteiger partial charge in [0, 0.05) is 62.2 Å². The van der Waals surface area contributed by atoms with Gasteiger partial charge >= 0.3 is 18.0 Å². The molecule has 0 unspecified atom stereocenters. The number of nitrogens with two attached hydrogens (primary N) is 1. The first-order valence-electron chi connectivity index (χ1n) is 16.4. The van der Waals surface area contributed by atoms with E-state index in [1.807, 2.05) is 24.3 Å². The molecule has 11 nitrogen and oxygen atoms in total. The van der Waals surface area contributed by atoms with Crippen molar-refractivity contribution in [3.05, 3.63) is 62.5 Å². The Balaban J connectivity index is 1.16. The van der Waals surface area contributed by atoms with E-state index < -0.39 is 35.5 Å². The Morgan fingerprint density at radius 3 is 2.27 bits per heavy atom. The standard InChI is InChI=1S/C33H41BrF3N7O4/c1-40-10-6-22(7-11-40)41-14-16-42(17-15-41)30(45)28(20-21-18-24(33(35,36)37)29(38)25(34)19-21)48-32(47)43-12-8-23(9-13-43)44-27-5-3-2-4-26(27)39-31(44)46/h2-5,18-19,22-23,28H,6-17,20,38H2,1H3,(H,39,46)/t28-/m1/s1. The third kappa shape index (κ3) is 7.37. The molecule has 260 valence electrons. The molecular formula is C33H41BrF3N7O4. The molecule has 3 aliphatic heterocycles. The number of hydrogen-bond donors (Lipinski definition) is 2. The second kappa shape index (κ2) is 14.1. The van der Waals surface area contributed by atoms with Crippen molar-refractivity contribution in [3.8, 4) is 0 Å². The molecule has 3 saturated heterocycles. The molecule has 4 heterocycles. The zero-order valence-corrected chi connectivity index (χ0v) is 28.4. The number of H-pyrrole nitrogens is 1. The summed E-state index contributed by atoms with van der Waals surface area (Å²) in [6.45, 7) is 4.84. The fourth-order valence-electron chi connectivity index (χ4n) is 7.23. The molecule has 1 aromatic heterocycles. The first-order chi connectivity index (χ1) is 22.9. The molecule has 3 fully saturated rings. The number of halogens is 4. The van der Waals surface area contributed by atoms with Crippen molar-refractivity contribution in [2.75, 3.05) is 65.1 Å². The van der Waals surface area contributed by atoms with Crippen molar-refractivity contribution in [3.63, 3.8) is 0 Å². The number of amides is 2. The Morgan fingerprint density at radius 1 is 0.958 bits per heavy atom. The lowest BCUT2D eigenvalue weighted by atomic mass is 10.0. The minimum atomic E-state index is -4.71. The number of imidazole rings is 1. The number of piperazine rings is 1. The highest BCUT2D eigenvalue weighted by molar-refractivity contribution is 9.10. The predicted molar refractivity (Wildman–Crippen MR) is 179 cm³/mol. The maximum absolute atomic E-state index is 14.0.